The summed E-state index contributed by atoms with van der Waals surface area (Å²) >= 11 is 3.85. The van der Waals surface area contributed by atoms with Gasteiger partial charge >= 0.3 is 12.6 Å². The first kappa shape index (κ1) is 12.3. The van der Waals surface area contributed by atoms with E-state index in [1.54, 1.807) is 6.07 Å². The molecule has 84 valence electrons. The highest BCUT2D eigenvalue weighted by Gasteiger charge is 2.20. The molecule has 0 amide bonds. The van der Waals surface area contributed by atoms with Crippen molar-refractivity contribution in [2.45, 2.75) is 11.5 Å². The summed E-state index contributed by atoms with van der Waals surface area (Å²) in [5.41, 5.74) is -0.878. The number of thiol groups is 1. The summed E-state index contributed by atoms with van der Waals surface area (Å²) in [5.74, 6) is -2.09. The number of rotatable bonds is 3. The molecule has 7 heteroatoms. The Kier molecular flexibility index (Phi) is 3.68. The van der Waals surface area contributed by atoms with Gasteiger partial charge in [0.2, 0.25) is 0 Å². The first-order valence-electron chi connectivity index (χ1n) is 3.91. The molecule has 0 fully saturated rings. The molecule has 0 unspecified atom stereocenters. The van der Waals surface area contributed by atoms with Crippen LogP contribution in [0.5, 0.6) is 5.75 Å². The second-order valence-corrected chi connectivity index (χ2v) is 3.18. The van der Waals surface area contributed by atoms with E-state index in [0.717, 1.165) is 12.1 Å². The van der Waals surface area contributed by atoms with Crippen molar-refractivity contribution in [3.63, 3.8) is 0 Å². The Morgan fingerprint density at radius 1 is 1.56 bits per heavy atom. The average Bonchev–Trinajstić information content (AvgIpc) is 2.14. The molecule has 1 aromatic carbocycles. The maximum absolute atomic E-state index is 12.0. The fourth-order valence-electron chi connectivity index (χ4n) is 1.10. The molecule has 0 heterocycles. The van der Waals surface area contributed by atoms with E-state index in [-0.39, 0.29) is 10.5 Å². The van der Waals surface area contributed by atoms with Gasteiger partial charge in [0.15, 0.2) is 0 Å². The molecule has 1 rings (SSSR count). The van der Waals surface area contributed by atoms with Gasteiger partial charge in [0.1, 0.15) is 17.4 Å². The van der Waals surface area contributed by atoms with Gasteiger partial charge < -0.3 is 9.84 Å². The molecule has 0 atom stereocenters. The molecule has 0 spiro atoms. The minimum absolute atomic E-state index is 0.164. The second kappa shape index (κ2) is 4.81. The van der Waals surface area contributed by atoms with Crippen LogP contribution in [0.2, 0.25) is 0 Å². The molecule has 0 aromatic heterocycles. The highest BCUT2D eigenvalue weighted by molar-refractivity contribution is 7.80. The summed E-state index contributed by atoms with van der Waals surface area (Å²) < 4.78 is 28.0. The van der Waals surface area contributed by atoms with Crippen LogP contribution in [0.25, 0.3) is 0 Å². The van der Waals surface area contributed by atoms with Crippen LogP contribution in [0.1, 0.15) is 15.9 Å². The zero-order chi connectivity index (χ0) is 12.3. The Morgan fingerprint density at radius 2 is 2.19 bits per heavy atom. The smallest absolute Gasteiger partial charge is 0.387 e. The lowest BCUT2D eigenvalue weighted by atomic mass is 10.1. The van der Waals surface area contributed by atoms with Gasteiger partial charge in [-0.25, -0.2) is 4.79 Å². The lowest BCUT2D eigenvalue weighted by Crippen LogP contribution is -2.09. The van der Waals surface area contributed by atoms with Crippen LogP contribution < -0.4 is 4.74 Å². The van der Waals surface area contributed by atoms with Crippen LogP contribution in [-0.2, 0) is 0 Å². The van der Waals surface area contributed by atoms with Crippen LogP contribution in [0.15, 0.2) is 17.0 Å². The molecule has 1 aromatic rings. The Morgan fingerprint density at radius 3 is 2.62 bits per heavy atom. The van der Waals surface area contributed by atoms with Gasteiger partial charge in [-0.1, -0.05) is 0 Å². The minimum atomic E-state index is -3.17. The number of carboxylic acid groups (broad SMARTS) is 1. The fraction of sp³-hybridized carbons (Fsp3) is 0.111. The first-order chi connectivity index (χ1) is 7.45. The van der Waals surface area contributed by atoms with Crippen molar-refractivity contribution in [2.75, 3.05) is 0 Å². The summed E-state index contributed by atoms with van der Waals surface area (Å²) in [7, 11) is 0. The normalized spacial score (nSPS) is 9.94. The summed E-state index contributed by atoms with van der Waals surface area (Å²) in [6.45, 7) is -3.17. The van der Waals surface area contributed by atoms with Gasteiger partial charge in [0.25, 0.3) is 0 Å². The van der Waals surface area contributed by atoms with E-state index in [0.29, 0.717) is 0 Å². The van der Waals surface area contributed by atoms with Crippen LogP contribution in [0, 0.1) is 11.3 Å². The van der Waals surface area contributed by atoms with Gasteiger partial charge in [-0.2, -0.15) is 14.0 Å². The summed E-state index contributed by atoms with van der Waals surface area (Å²) in [5, 5.41) is 17.4. The van der Waals surface area contributed by atoms with Gasteiger partial charge in [0.05, 0.1) is 5.56 Å². The van der Waals surface area contributed by atoms with Crippen molar-refractivity contribution in [2.24, 2.45) is 0 Å². The average molecular weight is 245 g/mol. The highest BCUT2D eigenvalue weighted by atomic mass is 32.1. The molecule has 0 bridgehead atoms. The van der Waals surface area contributed by atoms with Crippen LogP contribution in [-0.4, -0.2) is 17.7 Å². The topological polar surface area (TPSA) is 70.3 Å². The van der Waals surface area contributed by atoms with Gasteiger partial charge in [-0.3, -0.25) is 0 Å². The maximum atomic E-state index is 12.0. The van der Waals surface area contributed by atoms with E-state index in [1.807, 2.05) is 0 Å². The summed E-state index contributed by atoms with van der Waals surface area (Å²) in [6, 6.07) is 3.75. The number of alkyl halides is 2. The molecule has 0 radical (unpaired) electrons. The maximum Gasteiger partial charge on any atom is 0.387 e. The van der Waals surface area contributed by atoms with Crippen molar-refractivity contribution in [1.82, 2.24) is 0 Å². The number of carboxylic acids is 1. The number of carbonyl (C=O) groups is 1. The SMILES string of the molecule is N#Cc1cc(S)cc(OC(F)F)c1C(=O)O. The lowest BCUT2D eigenvalue weighted by Gasteiger charge is -2.09. The van der Waals surface area contributed by atoms with E-state index in [2.05, 4.69) is 17.4 Å². The van der Waals surface area contributed by atoms with Gasteiger partial charge in [-0.15, -0.1) is 12.6 Å². The molecule has 0 aliphatic carbocycles. The van der Waals surface area contributed by atoms with Crippen molar-refractivity contribution in [3.8, 4) is 11.8 Å². The zero-order valence-electron chi connectivity index (χ0n) is 7.65. The number of nitriles is 1. The third kappa shape index (κ3) is 2.61. The number of nitrogens with zero attached hydrogens (tertiary/aromatic N) is 1. The fourth-order valence-corrected chi connectivity index (χ4v) is 1.34. The van der Waals surface area contributed by atoms with E-state index in [4.69, 9.17) is 10.4 Å². The number of hydrogen-bond donors (Lipinski definition) is 2. The van der Waals surface area contributed by atoms with Gasteiger partial charge in [0, 0.05) is 4.90 Å². The Bertz CT molecular complexity index is 471. The van der Waals surface area contributed by atoms with Crippen LogP contribution in [0.3, 0.4) is 0 Å². The third-order valence-corrected chi connectivity index (χ3v) is 1.90. The third-order valence-electron chi connectivity index (χ3n) is 1.64. The predicted molar refractivity (Wildman–Crippen MR) is 52.0 cm³/mol. The molecule has 16 heavy (non-hydrogen) atoms. The predicted octanol–water partition coefficient (Wildman–Crippen LogP) is 2.15. The molecular weight excluding hydrogens is 240 g/mol. The summed E-state index contributed by atoms with van der Waals surface area (Å²) in [4.78, 5) is 11.0. The van der Waals surface area contributed by atoms with Crippen LogP contribution in [0.4, 0.5) is 8.78 Å². The Labute approximate surface area is 94.5 Å². The van der Waals surface area contributed by atoms with Crippen molar-refractivity contribution >= 4 is 18.6 Å². The number of ether oxygens (including phenoxy) is 1. The van der Waals surface area contributed by atoms with Crippen LogP contribution >= 0.6 is 12.6 Å². The largest absolute Gasteiger partial charge is 0.478 e. The summed E-state index contributed by atoms with van der Waals surface area (Å²) in [6.07, 6.45) is 0. The lowest BCUT2D eigenvalue weighted by molar-refractivity contribution is -0.0504. The molecule has 0 saturated carbocycles. The molecule has 0 aliphatic rings. The molecule has 0 aliphatic heterocycles. The number of benzene rings is 1. The van der Waals surface area contributed by atoms with Crippen molar-refractivity contribution in [3.05, 3.63) is 23.3 Å². The molecule has 4 nitrogen and oxygen atoms in total. The zero-order valence-corrected chi connectivity index (χ0v) is 8.54. The standard InChI is InChI=1S/C9H5F2NO3S/c10-9(11)15-6-2-5(16)1-4(3-12)7(6)8(13)14/h1-2,9,16H,(H,13,14). The van der Waals surface area contributed by atoms with E-state index in [9.17, 15) is 13.6 Å². The number of hydrogen-bond acceptors (Lipinski definition) is 4. The van der Waals surface area contributed by atoms with E-state index >= 15 is 0 Å². The minimum Gasteiger partial charge on any atom is -0.478 e. The quantitative estimate of drug-likeness (QED) is 0.800. The molecule has 0 saturated heterocycles. The highest BCUT2D eigenvalue weighted by Crippen LogP contribution is 2.27. The molecule has 1 N–H and O–H groups in total. The first-order valence-corrected chi connectivity index (χ1v) is 4.35. The Hall–Kier alpha value is -1.81. The van der Waals surface area contributed by atoms with E-state index in [1.165, 1.54) is 0 Å². The van der Waals surface area contributed by atoms with Crippen molar-refractivity contribution in [1.29, 1.82) is 5.26 Å². The second-order valence-electron chi connectivity index (χ2n) is 2.66. The number of halogens is 2. The van der Waals surface area contributed by atoms with Gasteiger partial charge in [-0.05, 0) is 12.1 Å². The monoisotopic (exact) mass is 245 g/mol. The van der Waals surface area contributed by atoms with Crippen molar-refractivity contribution < 1.29 is 23.4 Å². The van der Waals surface area contributed by atoms with E-state index < -0.39 is 23.9 Å². The Balaban J connectivity index is 3.39. The molecular formula is C9H5F2NO3S. The number of aromatic carboxylic acids is 1.